The van der Waals surface area contributed by atoms with Crippen LogP contribution in [0.2, 0.25) is 0 Å². The van der Waals surface area contributed by atoms with E-state index in [1.165, 1.54) is 12.1 Å². The lowest BCUT2D eigenvalue weighted by atomic mass is 10.1. The standard InChI is InChI=1S/C16H19FN2O2/c1-11-10-13(4-5-14(11)17)16(21)19-8-6-18(7-9-19)15(20)12-2-3-12/h4-5,10,12H,2-3,6-9H2,1H3. The van der Waals surface area contributed by atoms with E-state index in [0.29, 0.717) is 37.3 Å². The van der Waals surface area contributed by atoms with Gasteiger partial charge in [-0.05, 0) is 43.5 Å². The number of piperazine rings is 1. The van der Waals surface area contributed by atoms with Crippen LogP contribution in [0.5, 0.6) is 0 Å². The first-order valence-electron chi connectivity index (χ1n) is 7.40. The van der Waals surface area contributed by atoms with E-state index < -0.39 is 0 Å². The monoisotopic (exact) mass is 290 g/mol. The zero-order valence-electron chi connectivity index (χ0n) is 12.1. The van der Waals surface area contributed by atoms with Crippen LogP contribution < -0.4 is 0 Å². The van der Waals surface area contributed by atoms with Gasteiger partial charge >= 0.3 is 0 Å². The molecule has 2 amide bonds. The molecule has 0 atom stereocenters. The van der Waals surface area contributed by atoms with Crippen LogP contribution in [-0.2, 0) is 4.79 Å². The lowest BCUT2D eigenvalue weighted by Crippen LogP contribution is -2.51. The van der Waals surface area contributed by atoms with E-state index in [1.807, 2.05) is 4.90 Å². The molecule has 1 aromatic rings. The summed E-state index contributed by atoms with van der Waals surface area (Å²) in [6.07, 6.45) is 2.01. The second kappa shape index (κ2) is 5.47. The molecule has 2 fully saturated rings. The van der Waals surface area contributed by atoms with Crippen LogP contribution in [0, 0.1) is 18.7 Å². The van der Waals surface area contributed by atoms with E-state index >= 15 is 0 Å². The number of hydrogen-bond acceptors (Lipinski definition) is 2. The molecule has 0 aromatic heterocycles. The molecule has 0 radical (unpaired) electrons. The van der Waals surface area contributed by atoms with E-state index in [1.54, 1.807) is 17.9 Å². The molecule has 0 bridgehead atoms. The zero-order chi connectivity index (χ0) is 15.0. The number of halogens is 1. The largest absolute Gasteiger partial charge is 0.339 e. The van der Waals surface area contributed by atoms with Gasteiger partial charge in [-0.2, -0.15) is 0 Å². The van der Waals surface area contributed by atoms with Crippen molar-refractivity contribution >= 4 is 11.8 Å². The van der Waals surface area contributed by atoms with Gasteiger partial charge in [0, 0.05) is 37.7 Å². The minimum atomic E-state index is -0.300. The van der Waals surface area contributed by atoms with Gasteiger partial charge in [-0.3, -0.25) is 9.59 Å². The van der Waals surface area contributed by atoms with Crippen LogP contribution in [0.15, 0.2) is 18.2 Å². The van der Waals surface area contributed by atoms with Crippen LogP contribution >= 0.6 is 0 Å². The Balaban J connectivity index is 1.61. The van der Waals surface area contributed by atoms with Gasteiger partial charge in [0.2, 0.25) is 5.91 Å². The summed E-state index contributed by atoms with van der Waals surface area (Å²) in [6.45, 7) is 3.95. The molecule has 1 saturated carbocycles. The first-order chi connectivity index (χ1) is 10.1. The predicted octanol–water partition coefficient (Wildman–Crippen LogP) is 1.83. The summed E-state index contributed by atoms with van der Waals surface area (Å²) in [4.78, 5) is 28.0. The molecule has 1 aliphatic heterocycles. The summed E-state index contributed by atoms with van der Waals surface area (Å²) in [5.41, 5.74) is 0.985. The maximum atomic E-state index is 13.3. The van der Waals surface area contributed by atoms with Crippen molar-refractivity contribution in [1.29, 1.82) is 0 Å². The van der Waals surface area contributed by atoms with Gasteiger partial charge in [-0.1, -0.05) is 0 Å². The third-order valence-corrected chi connectivity index (χ3v) is 4.21. The van der Waals surface area contributed by atoms with Crippen molar-refractivity contribution < 1.29 is 14.0 Å². The second-order valence-electron chi connectivity index (χ2n) is 5.86. The van der Waals surface area contributed by atoms with Gasteiger partial charge in [0.15, 0.2) is 0 Å². The van der Waals surface area contributed by atoms with Gasteiger partial charge in [-0.15, -0.1) is 0 Å². The quantitative estimate of drug-likeness (QED) is 0.834. The van der Waals surface area contributed by atoms with E-state index in [4.69, 9.17) is 0 Å². The van der Waals surface area contributed by atoms with E-state index in [9.17, 15) is 14.0 Å². The highest BCUT2D eigenvalue weighted by Crippen LogP contribution is 2.31. The number of nitrogens with zero attached hydrogens (tertiary/aromatic N) is 2. The first kappa shape index (κ1) is 14.0. The van der Waals surface area contributed by atoms with E-state index in [2.05, 4.69) is 0 Å². The Kier molecular flexibility index (Phi) is 3.66. The topological polar surface area (TPSA) is 40.6 Å². The highest BCUT2D eigenvalue weighted by Gasteiger charge is 2.35. The summed E-state index contributed by atoms with van der Waals surface area (Å²) >= 11 is 0. The number of benzene rings is 1. The predicted molar refractivity (Wildman–Crippen MR) is 76.3 cm³/mol. The lowest BCUT2D eigenvalue weighted by molar-refractivity contribution is -0.134. The molecular weight excluding hydrogens is 271 g/mol. The van der Waals surface area contributed by atoms with Crippen LogP contribution in [0.25, 0.3) is 0 Å². The molecule has 2 aliphatic rings. The number of aryl methyl sites for hydroxylation is 1. The van der Waals surface area contributed by atoms with Crippen molar-refractivity contribution in [3.63, 3.8) is 0 Å². The SMILES string of the molecule is Cc1cc(C(=O)N2CCN(C(=O)C3CC3)CC2)ccc1F. The Bertz CT molecular complexity index is 576. The number of rotatable bonds is 2. The summed E-state index contributed by atoms with van der Waals surface area (Å²) in [5, 5.41) is 0. The minimum absolute atomic E-state index is 0.0865. The van der Waals surface area contributed by atoms with Gasteiger partial charge in [0.1, 0.15) is 5.82 Å². The molecule has 3 rings (SSSR count). The van der Waals surface area contributed by atoms with Crippen molar-refractivity contribution in [3.05, 3.63) is 35.1 Å². The molecule has 0 N–H and O–H groups in total. The Morgan fingerprint density at radius 2 is 1.71 bits per heavy atom. The molecule has 112 valence electrons. The smallest absolute Gasteiger partial charge is 0.253 e. The maximum Gasteiger partial charge on any atom is 0.253 e. The van der Waals surface area contributed by atoms with Crippen LogP contribution in [0.3, 0.4) is 0 Å². The molecule has 4 nitrogen and oxygen atoms in total. The Morgan fingerprint density at radius 1 is 1.10 bits per heavy atom. The first-order valence-corrected chi connectivity index (χ1v) is 7.40. The summed E-state index contributed by atoms with van der Waals surface area (Å²) in [5.74, 6) is 0.0785. The second-order valence-corrected chi connectivity index (χ2v) is 5.86. The third kappa shape index (κ3) is 2.91. The minimum Gasteiger partial charge on any atom is -0.339 e. The number of carbonyl (C=O) groups excluding carboxylic acids is 2. The van der Waals surface area contributed by atoms with Crippen molar-refractivity contribution in [2.45, 2.75) is 19.8 Å². The fourth-order valence-electron chi connectivity index (χ4n) is 2.68. The van der Waals surface area contributed by atoms with Crippen molar-refractivity contribution in [3.8, 4) is 0 Å². The highest BCUT2D eigenvalue weighted by atomic mass is 19.1. The fourth-order valence-corrected chi connectivity index (χ4v) is 2.68. The van der Waals surface area contributed by atoms with Crippen molar-refractivity contribution in [2.75, 3.05) is 26.2 Å². The van der Waals surface area contributed by atoms with Crippen LogP contribution in [0.1, 0.15) is 28.8 Å². The van der Waals surface area contributed by atoms with Gasteiger partial charge in [0.25, 0.3) is 5.91 Å². The van der Waals surface area contributed by atoms with Crippen LogP contribution in [-0.4, -0.2) is 47.8 Å². The molecule has 1 saturated heterocycles. The van der Waals surface area contributed by atoms with Gasteiger partial charge in [-0.25, -0.2) is 4.39 Å². The average molecular weight is 290 g/mol. The number of amides is 2. The zero-order valence-corrected chi connectivity index (χ0v) is 12.1. The van der Waals surface area contributed by atoms with Gasteiger partial charge < -0.3 is 9.80 Å². The van der Waals surface area contributed by atoms with Crippen molar-refractivity contribution in [1.82, 2.24) is 9.80 Å². The Morgan fingerprint density at radius 3 is 2.29 bits per heavy atom. The highest BCUT2D eigenvalue weighted by molar-refractivity contribution is 5.94. The molecule has 5 heteroatoms. The molecule has 1 aromatic carbocycles. The Hall–Kier alpha value is -1.91. The number of carbonyl (C=O) groups is 2. The molecule has 0 unspecified atom stereocenters. The van der Waals surface area contributed by atoms with E-state index in [0.717, 1.165) is 12.8 Å². The summed E-state index contributed by atoms with van der Waals surface area (Å²) in [7, 11) is 0. The number of hydrogen-bond donors (Lipinski definition) is 0. The Labute approximate surface area is 123 Å². The van der Waals surface area contributed by atoms with Crippen molar-refractivity contribution in [2.24, 2.45) is 5.92 Å². The average Bonchev–Trinajstić information content (AvgIpc) is 3.33. The maximum absolute atomic E-state index is 13.3. The molecule has 1 aliphatic carbocycles. The lowest BCUT2D eigenvalue weighted by Gasteiger charge is -2.35. The molecule has 21 heavy (non-hydrogen) atoms. The van der Waals surface area contributed by atoms with Gasteiger partial charge in [0.05, 0.1) is 0 Å². The molecule has 1 heterocycles. The summed E-state index contributed by atoms with van der Waals surface area (Å²) < 4.78 is 13.3. The van der Waals surface area contributed by atoms with E-state index in [-0.39, 0.29) is 23.5 Å². The fraction of sp³-hybridized carbons (Fsp3) is 0.500. The normalized spacial score (nSPS) is 18.8. The van der Waals surface area contributed by atoms with Crippen LogP contribution in [0.4, 0.5) is 4.39 Å². The summed E-state index contributed by atoms with van der Waals surface area (Å²) in [6, 6.07) is 4.43. The third-order valence-electron chi connectivity index (χ3n) is 4.21. The molecular formula is C16H19FN2O2. The molecule has 0 spiro atoms.